The summed E-state index contributed by atoms with van der Waals surface area (Å²) in [5.74, 6) is -0.0892. The lowest BCUT2D eigenvalue weighted by Gasteiger charge is -2.32. The predicted octanol–water partition coefficient (Wildman–Crippen LogP) is 6.00. The maximum Gasteiger partial charge on any atom is 0.416 e. The standard InChI is InChI=1S/C23H29F3N2O4.C4H10.C2H6/c1-31-22(30)20-12-16(23(24,25)26)10-15-13-28(7-4-19(15)20)21(29)14-2-3-18(11-14)27-17-5-8-32-9-6-17;1-4(2)3;1-2/h10,12,14,17-18,27H,2-9,11,13H2,1H3;4H,1-3H3;1-2H3. The van der Waals surface area contributed by atoms with E-state index in [4.69, 9.17) is 9.47 Å². The third-order valence-electron chi connectivity index (χ3n) is 6.85. The van der Waals surface area contributed by atoms with Crippen LogP contribution in [0.4, 0.5) is 13.2 Å². The van der Waals surface area contributed by atoms with Crippen molar-refractivity contribution >= 4 is 11.9 Å². The lowest BCUT2D eigenvalue weighted by molar-refractivity contribution is -0.137. The summed E-state index contributed by atoms with van der Waals surface area (Å²) < 4.78 is 50.3. The van der Waals surface area contributed by atoms with Gasteiger partial charge in [0.25, 0.3) is 0 Å². The lowest BCUT2D eigenvalue weighted by atomic mass is 9.91. The zero-order chi connectivity index (χ0) is 28.5. The van der Waals surface area contributed by atoms with Crippen LogP contribution < -0.4 is 5.32 Å². The average molecular weight is 543 g/mol. The predicted molar refractivity (Wildman–Crippen MR) is 142 cm³/mol. The average Bonchev–Trinajstić information content (AvgIpc) is 3.36. The molecule has 1 aromatic rings. The Hall–Kier alpha value is -2.13. The van der Waals surface area contributed by atoms with E-state index < -0.39 is 17.7 Å². The van der Waals surface area contributed by atoms with Gasteiger partial charge in [0.05, 0.1) is 18.2 Å². The monoisotopic (exact) mass is 542 g/mol. The van der Waals surface area contributed by atoms with Crippen molar-refractivity contribution < 1.29 is 32.2 Å². The van der Waals surface area contributed by atoms with E-state index in [1.165, 1.54) is 0 Å². The van der Waals surface area contributed by atoms with Crippen LogP contribution in [-0.2, 0) is 33.4 Å². The summed E-state index contributed by atoms with van der Waals surface area (Å²) in [4.78, 5) is 26.9. The maximum atomic E-state index is 13.4. The second kappa shape index (κ2) is 14.9. The van der Waals surface area contributed by atoms with Gasteiger partial charge in [-0.25, -0.2) is 4.79 Å². The Morgan fingerprint density at radius 1 is 1.05 bits per heavy atom. The summed E-state index contributed by atoms with van der Waals surface area (Å²) in [7, 11) is 1.15. The molecule has 2 unspecified atom stereocenters. The topological polar surface area (TPSA) is 67.9 Å². The number of esters is 1. The molecule has 38 heavy (non-hydrogen) atoms. The number of hydrogen-bond donors (Lipinski definition) is 1. The minimum absolute atomic E-state index is 0.0102. The van der Waals surface area contributed by atoms with Gasteiger partial charge in [-0.2, -0.15) is 13.2 Å². The Balaban J connectivity index is 0.000000773. The molecule has 6 nitrogen and oxygen atoms in total. The SMILES string of the molecule is CC.CC(C)C.COC(=O)c1cc(C(F)(F)F)cc2c1CCN(C(=O)C1CCC(NC3CCOCC3)C1)C2. The summed E-state index contributed by atoms with van der Waals surface area (Å²) in [6.45, 7) is 12.5. The van der Waals surface area contributed by atoms with Gasteiger partial charge in [0, 0.05) is 44.3 Å². The van der Waals surface area contributed by atoms with Gasteiger partial charge in [0.1, 0.15) is 0 Å². The van der Waals surface area contributed by atoms with Crippen LogP contribution in [0.2, 0.25) is 0 Å². The number of benzene rings is 1. The van der Waals surface area contributed by atoms with Gasteiger partial charge in [-0.15, -0.1) is 0 Å². The second-order valence-corrected chi connectivity index (χ2v) is 10.7. The number of nitrogens with zero attached hydrogens (tertiary/aromatic N) is 1. The van der Waals surface area contributed by atoms with E-state index in [2.05, 4.69) is 26.1 Å². The van der Waals surface area contributed by atoms with E-state index in [0.29, 0.717) is 30.1 Å². The highest BCUT2D eigenvalue weighted by Crippen LogP contribution is 2.36. The maximum absolute atomic E-state index is 13.4. The van der Waals surface area contributed by atoms with Crippen molar-refractivity contribution in [1.29, 1.82) is 0 Å². The Morgan fingerprint density at radius 2 is 1.68 bits per heavy atom. The molecule has 0 radical (unpaired) electrons. The highest BCUT2D eigenvalue weighted by molar-refractivity contribution is 5.92. The fourth-order valence-corrected chi connectivity index (χ4v) is 5.16. The first-order valence-corrected chi connectivity index (χ1v) is 13.9. The number of amides is 1. The van der Waals surface area contributed by atoms with E-state index in [9.17, 15) is 22.8 Å². The number of methoxy groups -OCH3 is 1. The summed E-state index contributed by atoms with van der Waals surface area (Å²) in [6, 6.07) is 2.62. The summed E-state index contributed by atoms with van der Waals surface area (Å²) >= 11 is 0. The van der Waals surface area contributed by atoms with Gasteiger partial charge < -0.3 is 19.7 Å². The molecule has 2 heterocycles. The van der Waals surface area contributed by atoms with Gasteiger partial charge in [-0.05, 0) is 67.7 Å². The lowest BCUT2D eigenvalue weighted by Crippen LogP contribution is -2.42. The van der Waals surface area contributed by atoms with E-state index in [-0.39, 0.29) is 30.0 Å². The number of nitrogens with one attached hydrogen (secondary N) is 1. The Labute approximate surface area is 225 Å². The molecule has 1 saturated carbocycles. The molecule has 0 bridgehead atoms. The normalized spacial score (nSPS) is 21.6. The molecule has 1 amide bonds. The largest absolute Gasteiger partial charge is 0.465 e. The molecular weight excluding hydrogens is 497 g/mol. The molecule has 0 spiro atoms. The first-order valence-electron chi connectivity index (χ1n) is 13.9. The van der Waals surface area contributed by atoms with Crippen LogP contribution in [0.1, 0.15) is 93.8 Å². The Bertz CT molecular complexity index is 911. The van der Waals surface area contributed by atoms with E-state index in [1.807, 2.05) is 13.8 Å². The number of hydrogen-bond acceptors (Lipinski definition) is 5. The summed E-state index contributed by atoms with van der Waals surface area (Å²) in [5, 5.41) is 3.64. The van der Waals surface area contributed by atoms with Crippen LogP contribution in [0.5, 0.6) is 0 Å². The summed E-state index contributed by atoms with van der Waals surface area (Å²) in [5.41, 5.74) is -0.0485. The van der Waals surface area contributed by atoms with Crippen LogP contribution >= 0.6 is 0 Å². The number of ether oxygens (including phenoxy) is 2. The molecule has 2 fully saturated rings. The minimum Gasteiger partial charge on any atom is -0.465 e. The van der Waals surface area contributed by atoms with E-state index in [1.54, 1.807) is 4.90 Å². The number of carbonyl (C=O) groups is 2. The minimum atomic E-state index is -4.58. The number of carbonyl (C=O) groups excluding carboxylic acids is 2. The first kappa shape index (κ1) is 32.1. The molecule has 1 saturated heterocycles. The van der Waals surface area contributed by atoms with Crippen LogP contribution in [0.25, 0.3) is 0 Å². The quantitative estimate of drug-likeness (QED) is 0.473. The molecular formula is C29H45F3N2O4. The fourth-order valence-electron chi connectivity index (χ4n) is 5.16. The molecule has 1 aliphatic carbocycles. The van der Waals surface area contributed by atoms with Crippen LogP contribution in [0, 0.1) is 11.8 Å². The smallest absolute Gasteiger partial charge is 0.416 e. The number of rotatable bonds is 4. The van der Waals surface area contributed by atoms with Crippen molar-refractivity contribution in [3.63, 3.8) is 0 Å². The Morgan fingerprint density at radius 3 is 2.26 bits per heavy atom. The van der Waals surface area contributed by atoms with Crippen LogP contribution in [-0.4, -0.2) is 55.7 Å². The molecule has 1 aromatic carbocycles. The molecule has 2 aliphatic heterocycles. The van der Waals surface area contributed by atoms with Crippen molar-refractivity contribution in [2.24, 2.45) is 11.8 Å². The first-order chi connectivity index (χ1) is 18.0. The van der Waals surface area contributed by atoms with E-state index in [0.717, 1.165) is 70.5 Å². The number of fused-ring (bicyclic) bond motifs is 1. The van der Waals surface area contributed by atoms with Gasteiger partial charge in [-0.1, -0.05) is 34.6 Å². The second-order valence-electron chi connectivity index (χ2n) is 10.7. The van der Waals surface area contributed by atoms with Crippen LogP contribution in [0.15, 0.2) is 12.1 Å². The van der Waals surface area contributed by atoms with Crippen molar-refractivity contribution in [2.45, 2.75) is 97.9 Å². The van der Waals surface area contributed by atoms with Crippen LogP contribution in [0.3, 0.4) is 0 Å². The molecule has 216 valence electrons. The zero-order valence-corrected chi connectivity index (χ0v) is 23.7. The number of alkyl halides is 3. The summed E-state index contributed by atoms with van der Waals surface area (Å²) in [6.07, 6.45) is 0.139. The molecule has 3 aliphatic rings. The molecule has 0 aromatic heterocycles. The van der Waals surface area contributed by atoms with E-state index >= 15 is 0 Å². The molecule has 1 N–H and O–H groups in total. The molecule has 9 heteroatoms. The third-order valence-corrected chi connectivity index (χ3v) is 6.85. The molecule has 4 rings (SSSR count). The van der Waals surface area contributed by atoms with Crippen molar-refractivity contribution in [2.75, 3.05) is 26.9 Å². The van der Waals surface area contributed by atoms with Crippen molar-refractivity contribution in [3.05, 3.63) is 34.4 Å². The number of halogens is 3. The zero-order valence-electron chi connectivity index (χ0n) is 23.7. The fraction of sp³-hybridized carbons (Fsp3) is 0.724. The highest BCUT2D eigenvalue weighted by atomic mass is 19.4. The van der Waals surface area contributed by atoms with Crippen molar-refractivity contribution in [3.8, 4) is 0 Å². The Kier molecular flexibility index (Phi) is 12.6. The third kappa shape index (κ3) is 8.97. The van der Waals surface area contributed by atoms with Gasteiger partial charge in [0.2, 0.25) is 5.91 Å². The van der Waals surface area contributed by atoms with Gasteiger partial charge in [0.15, 0.2) is 0 Å². The van der Waals surface area contributed by atoms with Gasteiger partial charge in [-0.3, -0.25) is 4.79 Å². The molecule has 2 atom stereocenters. The van der Waals surface area contributed by atoms with Crippen molar-refractivity contribution in [1.82, 2.24) is 10.2 Å². The highest BCUT2D eigenvalue weighted by Gasteiger charge is 2.37. The van der Waals surface area contributed by atoms with Gasteiger partial charge >= 0.3 is 12.1 Å².